The van der Waals surface area contributed by atoms with Gasteiger partial charge in [-0.05, 0) is 20.1 Å². The molecule has 0 aromatic rings. The highest BCUT2D eigenvalue weighted by Gasteiger charge is 1.86. The third-order valence-electron chi connectivity index (χ3n) is 0.661. The molecule has 3 nitrogen and oxygen atoms in total. The lowest BCUT2D eigenvalue weighted by Crippen LogP contribution is -2.25. The highest BCUT2D eigenvalue weighted by atomic mass is 16.3. The van der Waals surface area contributed by atoms with Gasteiger partial charge in [-0.2, -0.15) is 0 Å². The molecule has 0 aliphatic heterocycles. The van der Waals surface area contributed by atoms with Crippen LogP contribution in [0, 0.1) is 0 Å². The number of aliphatic imine (C=N–C) groups is 1. The molecular formula is C5H12N2O. The van der Waals surface area contributed by atoms with E-state index in [1.165, 1.54) is 0 Å². The van der Waals surface area contributed by atoms with Crippen molar-refractivity contribution in [3.05, 3.63) is 0 Å². The Hall–Kier alpha value is -0.410. The summed E-state index contributed by atoms with van der Waals surface area (Å²) in [6.07, 6.45) is 1.23. The highest BCUT2D eigenvalue weighted by Crippen LogP contribution is 1.68. The molecule has 0 bridgehead atoms. The fraction of sp³-hybridized carbons (Fsp3) is 0.800. The van der Waals surface area contributed by atoms with Crippen LogP contribution in [-0.4, -0.2) is 24.2 Å². The molecule has 0 spiro atoms. The van der Waals surface area contributed by atoms with Gasteiger partial charge in [-0.25, -0.2) is 0 Å². The number of aliphatic hydroxyl groups excluding tert-OH is 1. The van der Waals surface area contributed by atoms with Gasteiger partial charge in [0.1, 0.15) is 6.23 Å². The normalized spacial score (nSPS) is 14.9. The van der Waals surface area contributed by atoms with Crippen molar-refractivity contribution in [2.45, 2.75) is 20.1 Å². The predicted molar refractivity (Wildman–Crippen MR) is 33.8 cm³/mol. The molecule has 0 amide bonds. The molecule has 1 atom stereocenters. The topological polar surface area (TPSA) is 44.6 Å². The maximum atomic E-state index is 8.59. The van der Waals surface area contributed by atoms with Gasteiger partial charge in [0.15, 0.2) is 0 Å². The van der Waals surface area contributed by atoms with E-state index < -0.39 is 6.23 Å². The van der Waals surface area contributed by atoms with Crippen LogP contribution in [0.1, 0.15) is 13.8 Å². The van der Waals surface area contributed by atoms with Crippen molar-refractivity contribution in [3.8, 4) is 0 Å². The fourth-order valence-corrected chi connectivity index (χ4v) is 0.276. The van der Waals surface area contributed by atoms with Crippen molar-refractivity contribution in [2.75, 3.05) is 6.67 Å². The van der Waals surface area contributed by atoms with Gasteiger partial charge >= 0.3 is 0 Å². The zero-order valence-electron chi connectivity index (χ0n) is 5.26. The van der Waals surface area contributed by atoms with E-state index in [4.69, 9.17) is 5.11 Å². The molecule has 0 saturated carbocycles. The van der Waals surface area contributed by atoms with Crippen LogP contribution in [-0.2, 0) is 0 Å². The maximum absolute atomic E-state index is 8.59. The number of hydrogen-bond acceptors (Lipinski definition) is 3. The quantitative estimate of drug-likeness (QED) is 0.401. The molecule has 0 heterocycles. The molecule has 0 aromatic heterocycles. The van der Waals surface area contributed by atoms with Gasteiger partial charge in [0.25, 0.3) is 0 Å². The lowest BCUT2D eigenvalue weighted by molar-refractivity contribution is 0.158. The maximum Gasteiger partial charge on any atom is 0.103 e. The summed E-state index contributed by atoms with van der Waals surface area (Å²) in [5.74, 6) is 0. The minimum Gasteiger partial charge on any atom is -0.379 e. The fourth-order valence-electron chi connectivity index (χ4n) is 0.276. The van der Waals surface area contributed by atoms with Gasteiger partial charge in [-0.15, -0.1) is 0 Å². The molecule has 0 rings (SSSR count). The Bertz CT molecular complexity index is 70.8. The van der Waals surface area contributed by atoms with Gasteiger partial charge in [-0.1, -0.05) is 0 Å². The van der Waals surface area contributed by atoms with Gasteiger partial charge in [0, 0.05) is 0 Å². The lowest BCUT2D eigenvalue weighted by atomic mass is 10.7. The number of hydrogen-bond donors (Lipinski definition) is 2. The molecule has 0 radical (unpaired) electrons. The first-order valence-corrected chi connectivity index (χ1v) is 2.63. The summed E-state index contributed by atoms with van der Waals surface area (Å²) in [4.78, 5) is 3.82. The Balaban J connectivity index is 2.93. The van der Waals surface area contributed by atoms with Crippen LogP contribution in [0.4, 0.5) is 0 Å². The summed E-state index contributed by atoms with van der Waals surface area (Å²) < 4.78 is 0. The van der Waals surface area contributed by atoms with Crippen LogP contribution in [0.3, 0.4) is 0 Å². The Morgan fingerprint density at radius 1 is 1.88 bits per heavy atom. The molecule has 0 aliphatic rings. The summed E-state index contributed by atoms with van der Waals surface area (Å²) in [5, 5.41) is 11.3. The van der Waals surface area contributed by atoms with Crippen molar-refractivity contribution in [1.82, 2.24) is 5.32 Å². The van der Waals surface area contributed by atoms with Crippen molar-refractivity contribution in [1.29, 1.82) is 0 Å². The predicted octanol–water partition coefficient (Wildman–Crippen LogP) is -0.0375. The molecule has 0 saturated heterocycles. The first kappa shape index (κ1) is 7.59. The van der Waals surface area contributed by atoms with E-state index in [1.54, 1.807) is 13.1 Å². The standard InChI is InChI=1S/C5H12N2O/c1-3-6-4-7-5(2)8/h3,5,7-8H,4H2,1-2H3. The highest BCUT2D eigenvalue weighted by molar-refractivity contribution is 5.52. The van der Waals surface area contributed by atoms with E-state index in [2.05, 4.69) is 10.3 Å². The first-order valence-electron chi connectivity index (χ1n) is 2.63. The van der Waals surface area contributed by atoms with E-state index in [9.17, 15) is 0 Å². The Labute approximate surface area is 49.4 Å². The van der Waals surface area contributed by atoms with Crippen molar-refractivity contribution < 1.29 is 5.11 Å². The smallest absolute Gasteiger partial charge is 0.103 e. The first-order chi connectivity index (χ1) is 3.77. The molecule has 2 N–H and O–H groups in total. The number of rotatable bonds is 3. The van der Waals surface area contributed by atoms with E-state index in [1.807, 2.05) is 6.92 Å². The van der Waals surface area contributed by atoms with Crippen LogP contribution in [0.15, 0.2) is 4.99 Å². The second kappa shape index (κ2) is 4.74. The van der Waals surface area contributed by atoms with E-state index in [-0.39, 0.29) is 0 Å². The summed E-state index contributed by atoms with van der Waals surface area (Å²) in [6, 6.07) is 0. The van der Waals surface area contributed by atoms with E-state index in [0.29, 0.717) is 6.67 Å². The Morgan fingerprint density at radius 2 is 2.50 bits per heavy atom. The minimum absolute atomic E-state index is 0.460. The molecule has 1 unspecified atom stereocenters. The van der Waals surface area contributed by atoms with Crippen LogP contribution < -0.4 is 5.32 Å². The zero-order chi connectivity index (χ0) is 6.41. The average Bonchev–Trinajstić information content (AvgIpc) is 1.66. The van der Waals surface area contributed by atoms with Gasteiger partial charge < -0.3 is 5.11 Å². The summed E-state index contributed by atoms with van der Waals surface area (Å²) in [5.41, 5.74) is 0. The molecule has 8 heavy (non-hydrogen) atoms. The Morgan fingerprint density at radius 3 is 2.88 bits per heavy atom. The largest absolute Gasteiger partial charge is 0.379 e. The number of aliphatic hydroxyl groups is 1. The third kappa shape index (κ3) is 5.59. The van der Waals surface area contributed by atoms with Crippen molar-refractivity contribution in [2.24, 2.45) is 4.99 Å². The van der Waals surface area contributed by atoms with Gasteiger partial charge in [0.05, 0.1) is 6.67 Å². The van der Waals surface area contributed by atoms with E-state index in [0.717, 1.165) is 0 Å². The molecule has 0 aromatic carbocycles. The van der Waals surface area contributed by atoms with Gasteiger partial charge in [0.2, 0.25) is 0 Å². The molecule has 48 valence electrons. The average molecular weight is 116 g/mol. The number of nitrogens with one attached hydrogen (secondary N) is 1. The van der Waals surface area contributed by atoms with Crippen molar-refractivity contribution in [3.63, 3.8) is 0 Å². The van der Waals surface area contributed by atoms with Gasteiger partial charge in [-0.3, -0.25) is 10.3 Å². The molecule has 0 aliphatic carbocycles. The van der Waals surface area contributed by atoms with Crippen LogP contribution in [0.5, 0.6) is 0 Å². The summed E-state index contributed by atoms with van der Waals surface area (Å²) in [7, 11) is 0. The summed E-state index contributed by atoms with van der Waals surface area (Å²) >= 11 is 0. The second-order valence-corrected chi connectivity index (χ2v) is 1.48. The van der Waals surface area contributed by atoms with Crippen molar-refractivity contribution >= 4 is 6.21 Å². The van der Waals surface area contributed by atoms with Crippen LogP contribution in [0.2, 0.25) is 0 Å². The lowest BCUT2D eigenvalue weighted by Gasteiger charge is -2.01. The van der Waals surface area contributed by atoms with Crippen LogP contribution in [0.25, 0.3) is 0 Å². The molecular weight excluding hydrogens is 104 g/mol. The second-order valence-electron chi connectivity index (χ2n) is 1.48. The molecule has 0 fully saturated rings. The monoisotopic (exact) mass is 116 g/mol. The Kier molecular flexibility index (Phi) is 4.50. The SMILES string of the molecule is CC=NCNC(C)O. The summed E-state index contributed by atoms with van der Waals surface area (Å²) in [6.45, 7) is 3.99. The third-order valence-corrected chi connectivity index (χ3v) is 0.661. The van der Waals surface area contributed by atoms with E-state index >= 15 is 0 Å². The number of nitrogens with zero attached hydrogens (tertiary/aromatic N) is 1. The zero-order valence-corrected chi connectivity index (χ0v) is 5.26. The van der Waals surface area contributed by atoms with Crippen LogP contribution >= 0.6 is 0 Å². The molecule has 3 heteroatoms. The minimum atomic E-state index is -0.460.